The molecule has 76 valence electrons. The van der Waals surface area contributed by atoms with Crippen LogP contribution in [0.5, 0.6) is 0 Å². The number of aryl methyl sites for hydroxylation is 2. The van der Waals surface area contributed by atoms with Crippen LogP contribution in [-0.4, -0.2) is 19.9 Å². The van der Waals surface area contributed by atoms with Crippen LogP contribution in [0.25, 0.3) is 11.5 Å². The smallest absolute Gasteiger partial charge is 0.223 e. The van der Waals surface area contributed by atoms with Crippen LogP contribution in [0.3, 0.4) is 0 Å². The molecule has 0 saturated heterocycles. The zero-order valence-corrected chi connectivity index (χ0v) is 8.60. The van der Waals surface area contributed by atoms with Crippen molar-refractivity contribution >= 4 is 5.95 Å². The van der Waals surface area contributed by atoms with Crippen LogP contribution in [0, 0.1) is 13.8 Å². The summed E-state index contributed by atoms with van der Waals surface area (Å²) in [6.45, 7) is 3.69. The van der Waals surface area contributed by atoms with Crippen LogP contribution in [0.2, 0.25) is 0 Å². The van der Waals surface area contributed by atoms with Crippen molar-refractivity contribution in [1.29, 1.82) is 0 Å². The third kappa shape index (κ3) is 2.07. The zero-order valence-electron chi connectivity index (χ0n) is 8.60. The first kappa shape index (κ1) is 9.51. The van der Waals surface area contributed by atoms with E-state index in [4.69, 9.17) is 5.73 Å². The molecule has 2 aromatic rings. The molecule has 0 spiro atoms. The minimum Gasteiger partial charge on any atom is -0.368 e. The minimum absolute atomic E-state index is 0.223. The lowest BCUT2D eigenvalue weighted by molar-refractivity contribution is 0.984. The van der Waals surface area contributed by atoms with Gasteiger partial charge in [0.05, 0.1) is 0 Å². The third-order valence-electron chi connectivity index (χ3n) is 1.88. The average molecular weight is 201 g/mol. The molecule has 0 aliphatic heterocycles. The molecule has 5 nitrogen and oxygen atoms in total. The van der Waals surface area contributed by atoms with Crippen molar-refractivity contribution in [3.8, 4) is 11.5 Å². The highest BCUT2D eigenvalue weighted by atomic mass is 15.1. The number of nitrogens with zero attached hydrogens (tertiary/aromatic N) is 4. The van der Waals surface area contributed by atoms with Crippen molar-refractivity contribution < 1.29 is 0 Å². The lowest BCUT2D eigenvalue weighted by atomic mass is 10.3. The van der Waals surface area contributed by atoms with E-state index in [9.17, 15) is 0 Å². The van der Waals surface area contributed by atoms with Crippen LogP contribution in [-0.2, 0) is 0 Å². The SMILES string of the molecule is Cc1cccc(-c2nc(C)nc(N)n2)n1. The summed E-state index contributed by atoms with van der Waals surface area (Å²) in [7, 11) is 0. The largest absolute Gasteiger partial charge is 0.368 e. The molecule has 0 aliphatic carbocycles. The maximum atomic E-state index is 5.54. The second-order valence-electron chi connectivity index (χ2n) is 3.23. The number of anilines is 1. The fourth-order valence-electron chi connectivity index (χ4n) is 1.28. The summed E-state index contributed by atoms with van der Waals surface area (Å²) in [5, 5.41) is 0. The first-order valence-corrected chi connectivity index (χ1v) is 4.57. The number of nitrogen functional groups attached to an aromatic ring is 1. The molecule has 2 N–H and O–H groups in total. The Balaban J connectivity index is 2.54. The van der Waals surface area contributed by atoms with Gasteiger partial charge in [0.1, 0.15) is 11.5 Å². The van der Waals surface area contributed by atoms with Crippen molar-refractivity contribution in [2.24, 2.45) is 0 Å². The van der Waals surface area contributed by atoms with E-state index in [1.807, 2.05) is 25.1 Å². The van der Waals surface area contributed by atoms with Crippen molar-refractivity contribution in [1.82, 2.24) is 19.9 Å². The van der Waals surface area contributed by atoms with Gasteiger partial charge in [0.15, 0.2) is 5.82 Å². The van der Waals surface area contributed by atoms with Crippen molar-refractivity contribution in [3.05, 3.63) is 29.7 Å². The van der Waals surface area contributed by atoms with Crippen molar-refractivity contribution in [2.45, 2.75) is 13.8 Å². The summed E-state index contributed by atoms with van der Waals surface area (Å²) in [4.78, 5) is 16.4. The molecule has 0 atom stereocenters. The number of aromatic nitrogens is 4. The fourth-order valence-corrected chi connectivity index (χ4v) is 1.28. The maximum Gasteiger partial charge on any atom is 0.223 e. The van der Waals surface area contributed by atoms with Crippen LogP contribution >= 0.6 is 0 Å². The monoisotopic (exact) mass is 201 g/mol. The number of hydrogen-bond acceptors (Lipinski definition) is 5. The molecule has 15 heavy (non-hydrogen) atoms. The van der Waals surface area contributed by atoms with E-state index in [0.29, 0.717) is 17.3 Å². The van der Waals surface area contributed by atoms with E-state index in [0.717, 1.165) is 5.69 Å². The summed E-state index contributed by atoms with van der Waals surface area (Å²) < 4.78 is 0. The summed E-state index contributed by atoms with van der Waals surface area (Å²) in [5.41, 5.74) is 7.18. The first-order chi connectivity index (χ1) is 7.15. The second-order valence-corrected chi connectivity index (χ2v) is 3.23. The average Bonchev–Trinajstić information content (AvgIpc) is 2.16. The summed E-state index contributed by atoms with van der Waals surface area (Å²) in [5.74, 6) is 1.34. The Morgan fingerprint density at radius 1 is 1.00 bits per heavy atom. The van der Waals surface area contributed by atoms with E-state index in [1.165, 1.54) is 0 Å². The van der Waals surface area contributed by atoms with E-state index in [-0.39, 0.29) is 5.95 Å². The highest BCUT2D eigenvalue weighted by Gasteiger charge is 2.05. The third-order valence-corrected chi connectivity index (χ3v) is 1.88. The lowest BCUT2D eigenvalue weighted by Gasteiger charge is -2.02. The van der Waals surface area contributed by atoms with E-state index < -0.39 is 0 Å². The number of hydrogen-bond donors (Lipinski definition) is 1. The lowest BCUT2D eigenvalue weighted by Crippen LogP contribution is -2.02. The molecular weight excluding hydrogens is 190 g/mol. The molecule has 0 amide bonds. The highest BCUT2D eigenvalue weighted by molar-refractivity contribution is 5.50. The Kier molecular flexibility index (Phi) is 2.29. The molecule has 5 heteroatoms. The zero-order chi connectivity index (χ0) is 10.8. The number of pyridine rings is 1. The minimum atomic E-state index is 0.223. The Hall–Kier alpha value is -2.04. The molecule has 0 radical (unpaired) electrons. The molecule has 0 aromatic carbocycles. The molecular formula is C10H11N5. The number of rotatable bonds is 1. The second kappa shape index (κ2) is 3.61. The molecule has 0 unspecified atom stereocenters. The predicted molar refractivity (Wildman–Crippen MR) is 56.9 cm³/mol. The predicted octanol–water partition coefficient (Wildman–Crippen LogP) is 1.13. The van der Waals surface area contributed by atoms with E-state index in [1.54, 1.807) is 6.92 Å². The topological polar surface area (TPSA) is 77.6 Å². The van der Waals surface area contributed by atoms with Gasteiger partial charge in [-0.25, -0.2) is 9.97 Å². The van der Waals surface area contributed by atoms with Gasteiger partial charge in [-0.3, -0.25) is 0 Å². The van der Waals surface area contributed by atoms with Crippen molar-refractivity contribution in [3.63, 3.8) is 0 Å². The number of nitrogens with two attached hydrogens (primary N) is 1. The Morgan fingerprint density at radius 3 is 2.47 bits per heavy atom. The molecule has 0 saturated carbocycles. The fraction of sp³-hybridized carbons (Fsp3) is 0.200. The Labute approximate surface area is 87.4 Å². The van der Waals surface area contributed by atoms with Gasteiger partial charge in [-0.05, 0) is 26.0 Å². The Bertz CT molecular complexity index is 475. The maximum absolute atomic E-state index is 5.54. The van der Waals surface area contributed by atoms with Gasteiger partial charge in [-0.1, -0.05) is 6.07 Å². The van der Waals surface area contributed by atoms with Crippen LogP contribution < -0.4 is 5.73 Å². The highest BCUT2D eigenvalue weighted by Crippen LogP contribution is 2.12. The standard InChI is InChI=1S/C10H11N5/c1-6-4-3-5-8(12-6)9-13-7(2)14-10(11)15-9/h3-5H,1-2H3,(H2,11,13,14,15). The molecule has 2 rings (SSSR count). The van der Waals surface area contributed by atoms with E-state index >= 15 is 0 Å². The van der Waals surface area contributed by atoms with Crippen molar-refractivity contribution in [2.75, 3.05) is 5.73 Å². The van der Waals surface area contributed by atoms with E-state index in [2.05, 4.69) is 19.9 Å². The Morgan fingerprint density at radius 2 is 1.80 bits per heavy atom. The van der Waals surface area contributed by atoms with Crippen LogP contribution in [0.1, 0.15) is 11.5 Å². The molecule has 2 aromatic heterocycles. The summed E-state index contributed by atoms with van der Waals surface area (Å²) >= 11 is 0. The normalized spacial score (nSPS) is 10.3. The summed E-state index contributed by atoms with van der Waals surface area (Å²) in [6.07, 6.45) is 0. The van der Waals surface area contributed by atoms with Gasteiger partial charge in [0, 0.05) is 5.69 Å². The molecule has 0 aliphatic rings. The molecule has 2 heterocycles. The summed E-state index contributed by atoms with van der Waals surface area (Å²) in [6, 6.07) is 5.68. The van der Waals surface area contributed by atoms with Gasteiger partial charge < -0.3 is 5.73 Å². The molecule has 0 fully saturated rings. The van der Waals surface area contributed by atoms with Crippen LogP contribution in [0.15, 0.2) is 18.2 Å². The van der Waals surface area contributed by atoms with Gasteiger partial charge in [0.2, 0.25) is 5.95 Å². The van der Waals surface area contributed by atoms with Gasteiger partial charge in [-0.15, -0.1) is 0 Å². The van der Waals surface area contributed by atoms with Crippen LogP contribution in [0.4, 0.5) is 5.95 Å². The van der Waals surface area contributed by atoms with Gasteiger partial charge in [-0.2, -0.15) is 9.97 Å². The first-order valence-electron chi connectivity index (χ1n) is 4.57. The quantitative estimate of drug-likeness (QED) is 0.748. The van der Waals surface area contributed by atoms with Gasteiger partial charge >= 0.3 is 0 Å². The molecule has 0 bridgehead atoms. The van der Waals surface area contributed by atoms with Gasteiger partial charge in [0.25, 0.3) is 0 Å².